The third kappa shape index (κ3) is 2.53. The zero-order chi connectivity index (χ0) is 13.0. The van der Waals surface area contributed by atoms with E-state index < -0.39 is 0 Å². The topological polar surface area (TPSA) is 56.5 Å². The average Bonchev–Trinajstić information content (AvgIpc) is 2.45. The molecular weight excluding hydrogens is 228 g/mol. The maximum absolute atomic E-state index is 5.90. The molecule has 1 aromatic carbocycles. The Morgan fingerprint density at radius 3 is 2.44 bits per heavy atom. The molecule has 3 N–H and O–H groups in total. The van der Waals surface area contributed by atoms with Crippen LogP contribution in [-0.2, 0) is 0 Å². The number of rotatable bonds is 5. The molecule has 0 radical (unpaired) electrons. The summed E-state index contributed by atoms with van der Waals surface area (Å²) in [6.07, 6.45) is 1.99. The minimum atomic E-state index is -0.0379. The highest BCUT2D eigenvalue weighted by molar-refractivity contribution is 5.56. The maximum Gasteiger partial charge on any atom is 0.163 e. The highest BCUT2D eigenvalue weighted by Crippen LogP contribution is 2.34. The predicted molar refractivity (Wildman–Crippen MR) is 73.4 cm³/mol. The number of hydrogen-bond donors (Lipinski definition) is 2. The second-order valence-electron chi connectivity index (χ2n) is 4.67. The molecule has 0 unspecified atom stereocenters. The van der Waals surface area contributed by atoms with Crippen molar-refractivity contribution in [1.82, 2.24) is 0 Å². The van der Waals surface area contributed by atoms with E-state index in [2.05, 4.69) is 19.2 Å². The van der Waals surface area contributed by atoms with Gasteiger partial charge in [-0.1, -0.05) is 13.8 Å². The molecule has 0 atom stereocenters. The first-order chi connectivity index (χ1) is 8.73. The molecule has 100 valence electrons. The Hall–Kier alpha value is -1.42. The van der Waals surface area contributed by atoms with Crippen LogP contribution in [0, 0.1) is 0 Å². The predicted octanol–water partition coefficient (Wildman–Crippen LogP) is 2.39. The van der Waals surface area contributed by atoms with E-state index in [4.69, 9.17) is 15.2 Å². The highest BCUT2D eigenvalue weighted by atomic mass is 16.6. The molecule has 1 aromatic rings. The summed E-state index contributed by atoms with van der Waals surface area (Å²) in [6, 6.07) is 5.96. The van der Waals surface area contributed by atoms with E-state index in [-0.39, 0.29) is 5.54 Å². The Bertz CT molecular complexity index is 395. The minimum absolute atomic E-state index is 0.0379. The highest BCUT2D eigenvalue weighted by Gasteiger charge is 2.24. The lowest BCUT2D eigenvalue weighted by Crippen LogP contribution is -2.44. The second-order valence-corrected chi connectivity index (χ2v) is 4.67. The third-order valence-corrected chi connectivity index (χ3v) is 3.70. The van der Waals surface area contributed by atoms with Gasteiger partial charge in [0.2, 0.25) is 0 Å². The number of nitrogens with one attached hydrogen (secondary N) is 1. The van der Waals surface area contributed by atoms with E-state index >= 15 is 0 Å². The van der Waals surface area contributed by atoms with E-state index in [1.807, 2.05) is 18.2 Å². The molecule has 0 bridgehead atoms. The molecule has 4 heteroatoms. The van der Waals surface area contributed by atoms with Crippen molar-refractivity contribution in [3.05, 3.63) is 18.2 Å². The van der Waals surface area contributed by atoms with Crippen molar-refractivity contribution >= 4 is 5.69 Å². The van der Waals surface area contributed by atoms with E-state index in [0.717, 1.165) is 30.0 Å². The van der Waals surface area contributed by atoms with Crippen LogP contribution in [0.3, 0.4) is 0 Å². The van der Waals surface area contributed by atoms with Crippen molar-refractivity contribution in [3.8, 4) is 11.5 Å². The lowest BCUT2D eigenvalue weighted by atomic mass is 9.92. The standard InChI is InChI=1S/C14H22N2O2/c1-3-14(4-2,10-15)16-11-5-6-12-13(9-11)18-8-7-17-12/h5-6,9,16H,3-4,7-8,10,15H2,1-2H3. The van der Waals surface area contributed by atoms with Gasteiger partial charge in [-0.2, -0.15) is 0 Å². The summed E-state index contributed by atoms with van der Waals surface area (Å²) in [5.41, 5.74) is 6.89. The Morgan fingerprint density at radius 1 is 1.17 bits per heavy atom. The Labute approximate surface area is 108 Å². The van der Waals surface area contributed by atoms with Crippen molar-refractivity contribution in [2.45, 2.75) is 32.2 Å². The molecule has 1 aliphatic rings. The second kappa shape index (κ2) is 5.48. The Balaban J connectivity index is 2.18. The number of nitrogens with two attached hydrogens (primary N) is 1. The molecule has 0 aliphatic carbocycles. The van der Waals surface area contributed by atoms with Gasteiger partial charge < -0.3 is 20.5 Å². The zero-order valence-corrected chi connectivity index (χ0v) is 11.2. The van der Waals surface area contributed by atoms with Crippen LogP contribution < -0.4 is 20.5 Å². The molecule has 18 heavy (non-hydrogen) atoms. The van der Waals surface area contributed by atoms with E-state index in [1.165, 1.54) is 0 Å². The molecule has 0 fully saturated rings. The van der Waals surface area contributed by atoms with Crippen LogP contribution in [0.2, 0.25) is 0 Å². The SMILES string of the molecule is CCC(CC)(CN)Nc1ccc2c(c1)OCCO2. The normalized spacial score (nSPS) is 14.4. The maximum atomic E-state index is 5.90. The summed E-state index contributed by atoms with van der Waals surface area (Å²) in [7, 11) is 0. The molecule has 1 heterocycles. The van der Waals surface area contributed by atoms with Gasteiger partial charge in [0.05, 0.1) is 0 Å². The number of benzene rings is 1. The van der Waals surface area contributed by atoms with Crippen LogP contribution >= 0.6 is 0 Å². The first-order valence-corrected chi connectivity index (χ1v) is 6.61. The summed E-state index contributed by atoms with van der Waals surface area (Å²) in [5.74, 6) is 1.63. The molecule has 0 aromatic heterocycles. The van der Waals surface area contributed by atoms with Crippen molar-refractivity contribution in [3.63, 3.8) is 0 Å². The van der Waals surface area contributed by atoms with Crippen LogP contribution in [0.25, 0.3) is 0 Å². The van der Waals surface area contributed by atoms with E-state index in [9.17, 15) is 0 Å². The summed E-state index contributed by atoms with van der Waals surface area (Å²) in [6.45, 7) is 6.16. The number of anilines is 1. The van der Waals surface area contributed by atoms with Gasteiger partial charge in [0.15, 0.2) is 11.5 Å². The van der Waals surface area contributed by atoms with E-state index in [1.54, 1.807) is 0 Å². The van der Waals surface area contributed by atoms with Gasteiger partial charge in [-0.05, 0) is 25.0 Å². The van der Waals surface area contributed by atoms with E-state index in [0.29, 0.717) is 19.8 Å². The van der Waals surface area contributed by atoms with Gasteiger partial charge in [0, 0.05) is 23.8 Å². The lowest BCUT2D eigenvalue weighted by molar-refractivity contribution is 0.171. The monoisotopic (exact) mass is 250 g/mol. The summed E-state index contributed by atoms with van der Waals surface area (Å²) >= 11 is 0. The first kappa shape index (κ1) is 13.0. The summed E-state index contributed by atoms with van der Waals surface area (Å²) in [5, 5.41) is 3.53. The van der Waals surface area contributed by atoms with Gasteiger partial charge in [-0.15, -0.1) is 0 Å². The smallest absolute Gasteiger partial charge is 0.163 e. The Morgan fingerprint density at radius 2 is 1.83 bits per heavy atom. The van der Waals surface area contributed by atoms with Gasteiger partial charge in [0.25, 0.3) is 0 Å². The average molecular weight is 250 g/mol. The number of hydrogen-bond acceptors (Lipinski definition) is 4. The van der Waals surface area contributed by atoms with Crippen LogP contribution in [0.1, 0.15) is 26.7 Å². The summed E-state index contributed by atoms with van der Waals surface area (Å²) in [4.78, 5) is 0. The Kier molecular flexibility index (Phi) is 3.97. The molecule has 0 saturated heterocycles. The van der Waals surface area contributed by atoms with Crippen molar-refractivity contribution < 1.29 is 9.47 Å². The molecule has 0 amide bonds. The minimum Gasteiger partial charge on any atom is -0.486 e. The number of fused-ring (bicyclic) bond motifs is 1. The largest absolute Gasteiger partial charge is 0.486 e. The molecular formula is C14H22N2O2. The van der Waals surface area contributed by atoms with Gasteiger partial charge in [0.1, 0.15) is 13.2 Å². The van der Waals surface area contributed by atoms with Gasteiger partial charge >= 0.3 is 0 Å². The molecule has 2 rings (SSSR count). The zero-order valence-electron chi connectivity index (χ0n) is 11.2. The van der Waals surface area contributed by atoms with Crippen LogP contribution in [0.4, 0.5) is 5.69 Å². The third-order valence-electron chi connectivity index (χ3n) is 3.70. The molecule has 4 nitrogen and oxygen atoms in total. The quantitative estimate of drug-likeness (QED) is 0.842. The first-order valence-electron chi connectivity index (χ1n) is 6.61. The fraction of sp³-hybridized carbons (Fsp3) is 0.571. The molecule has 0 spiro atoms. The van der Waals surface area contributed by atoms with Crippen LogP contribution in [0.15, 0.2) is 18.2 Å². The summed E-state index contributed by atoms with van der Waals surface area (Å²) < 4.78 is 11.1. The fourth-order valence-corrected chi connectivity index (χ4v) is 2.19. The van der Waals surface area contributed by atoms with Crippen molar-refractivity contribution in [2.75, 3.05) is 25.1 Å². The van der Waals surface area contributed by atoms with Gasteiger partial charge in [-0.25, -0.2) is 0 Å². The lowest BCUT2D eigenvalue weighted by Gasteiger charge is -2.33. The van der Waals surface area contributed by atoms with Crippen molar-refractivity contribution in [2.24, 2.45) is 5.73 Å². The van der Waals surface area contributed by atoms with Gasteiger partial charge in [-0.3, -0.25) is 0 Å². The molecule has 0 saturated carbocycles. The fourth-order valence-electron chi connectivity index (χ4n) is 2.19. The number of ether oxygens (including phenoxy) is 2. The van der Waals surface area contributed by atoms with Crippen LogP contribution in [-0.4, -0.2) is 25.3 Å². The van der Waals surface area contributed by atoms with Crippen molar-refractivity contribution in [1.29, 1.82) is 0 Å². The van der Waals surface area contributed by atoms with Crippen LogP contribution in [0.5, 0.6) is 11.5 Å². The molecule has 1 aliphatic heterocycles.